The van der Waals surface area contributed by atoms with Crippen LogP contribution < -0.4 is 5.32 Å². The number of rotatable bonds is 5. The summed E-state index contributed by atoms with van der Waals surface area (Å²) in [7, 11) is 0. The first kappa shape index (κ1) is 18.5. The second-order valence-electron chi connectivity index (χ2n) is 6.50. The van der Waals surface area contributed by atoms with E-state index in [0.29, 0.717) is 22.4 Å². The average molecular weight is 361 g/mol. The minimum Gasteiger partial charge on any atom is -0.325 e. The van der Waals surface area contributed by atoms with Crippen molar-refractivity contribution >= 4 is 17.4 Å². The van der Waals surface area contributed by atoms with Gasteiger partial charge in [-0.3, -0.25) is 9.59 Å². The third kappa shape index (κ3) is 4.29. The monoisotopic (exact) mass is 361 g/mol. The molecule has 0 aliphatic carbocycles. The Morgan fingerprint density at radius 3 is 2.30 bits per heavy atom. The molecule has 0 saturated heterocycles. The van der Waals surface area contributed by atoms with Gasteiger partial charge in [0.15, 0.2) is 5.78 Å². The molecule has 3 nitrogen and oxygen atoms in total. The van der Waals surface area contributed by atoms with E-state index in [2.05, 4.69) is 5.32 Å². The Kier molecular flexibility index (Phi) is 5.46. The van der Waals surface area contributed by atoms with Crippen LogP contribution in [-0.4, -0.2) is 11.7 Å². The molecule has 1 N–H and O–H groups in total. The minimum absolute atomic E-state index is 0.0920. The molecule has 0 unspecified atom stereocenters. The van der Waals surface area contributed by atoms with Gasteiger partial charge in [0.2, 0.25) is 5.91 Å². The van der Waals surface area contributed by atoms with Crippen LogP contribution in [0.2, 0.25) is 0 Å². The molecule has 0 saturated carbocycles. The Hall–Kier alpha value is -3.27. The smallest absolute Gasteiger partial charge is 0.231 e. The second kappa shape index (κ2) is 7.96. The van der Waals surface area contributed by atoms with E-state index < -0.39 is 5.92 Å². The predicted molar refractivity (Wildman–Crippen MR) is 104 cm³/mol. The van der Waals surface area contributed by atoms with E-state index >= 15 is 0 Å². The van der Waals surface area contributed by atoms with E-state index in [-0.39, 0.29) is 17.5 Å². The highest BCUT2D eigenvalue weighted by Crippen LogP contribution is 2.21. The number of carbonyl (C=O) groups is 2. The summed E-state index contributed by atoms with van der Waals surface area (Å²) in [6.45, 7) is 3.42. The molecule has 0 heterocycles. The number of hydrogen-bond acceptors (Lipinski definition) is 2. The number of halogens is 1. The summed E-state index contributed by atoms with van der Waals surface area (Å²) < 4.78 is 13.7. The molecule has 3 rings (SSSR count). The summed E-state index contributed by atoms with van der Waals surface area (Å²) >= 11 is 0. The molecule has 1 atom stereocenters. The van der Waals surface area contributed by atoms with Gasteiger partial charge in [0.25, 0.3) is 0 Å². The lowest BCUT2D eigenvalue weighted by atomic mass is 9.95. The molecule has 0 bridgehead atoms. The van der Waals surface area contributed by atoms with E-state index in [4.69, 9.17) is 0 Å². The van der Waals surface area contributed by atoms with Gasteiger partial charge in [0.05, 0.1) is 5.92 Å². The van der Waals surface area contributed by atoms with Gasteiger partial charge in [-0.2, -0.15) is 0 Å². The molecule has 136 valence electrons. The van der Waals surface area contributed by atoms with Crippen LogP contribution in [0.5, 0.6) is 0 Å². The van der Waals surface area contributed by atoms with Crippen LogP contribution >= 0.6 is 0 Å². The SMILES string of the molecule is Cc1ccc(NC(=O)[C@H](C)c2cccc(C(=O)c3ccccc3)c2)cc1F. The fraction of sp³-hybridized carbons (Fsp3) is 0.130. The van der Waals surface area contributed by atoms with Gasteiger partial charge in [-0.15, -0.1) is 0 Å². The molecule has 0 radical (unpaired) electrons. The highest BCUT2D eigenvalue weighted by molar-refractivity contribution is 6.09. The van der Waals surface area contributed by atoms with Crippen molar-refractivity contribution < 1.29 is 14.0 Å². The quantitative estimate of drug-likeness (QED) is 0.642. The Morgan fingerprint density at radius 1 is 0.889 bits per heavy atom. The van der Waals surface area contributed by atoms with Gasteiger partial charge < -0.3 is 5.32 Å². The molecule has 4 heteroatoms. The van der Waals surface area contributed by atoms with E-state index in [1.807, 2.05) is 24.3 Å². The predicted octanol–water partition coefficient (Wildman–Crippen LogP) is 5.11. The molecule has 0 aliphatic heterocycles. The standard InChI is InChI=1S/C23H20FNO2/c1-15-11-12-20(14-21(15)24)25-23(27)16(2)18-9-6-10-19(13-18)22(26)17-7-4-3-5-8-17/h3-14,16H,1-2H3,(H,25,27)/t16-/m1/s1. The van der Waals surface area contributed by atoms with Crippen LogP contribution in [0.4, 0.5) is 10.1 Å². The first-order valence-electron chi connectivity index (χ1n) is 8.72. The lowest BCUT2D eigenvalue weighted by Crippen LogP contribution is -2.19. The fourth-order valence-electron chi connectivity index (χ4n) is 2.78. The molecule has 3 aromatic carbocycles. The van der Waals surface area contributed by atoms with Crippen molar-refractivity contribution in [2.45, 2.75) is 19.8 Å². The highest BCUT2D eigenvalue weighted by atomic mass is 19.1. The number of aryl methyl sites for hydroxylation is 1. The summed E-state index contributed by atoms with van der Waals surface area (Å²) in [5.41, 5.74) is 2.78. The first-order chi connectivity index (χ1) is 13.0. The normalized spacial score (nSPS) is 11.7. The Balaban J connectivity index is 1.78. The number of carbonyl (C=O) groups excluding carboxylic acids is 2. The Labute approximate surface area is 157 Å². The van der Waals surface area contributed by atoms with Crippen LogP contribution in [0.1, 0.15) is 39.9 Å². The van der Waals surface area contributed by atoms with E-state index in [0.717, 1.165) is 5.56 Å². The number of amides is 1. The van der Waals surface area contributed by atoms with Crippen LogP contribution in [0, 0.1) is 12.7 Å². The number of anilines is 1. The number of benzene rings is 3. The van der Waals surface area contributed by atoms with Gasteiger partial charge >= 0.3 is 0 Å². The topological polar surface area (TPSA) is 46.2 Å². The summed E-state index contributed by atoms with van der Waals surface area (Å²) in [5, 5.41) is 2.72. The minimum atomic E-state index is -0.488. The Morgan fingerprint density at radius 2 is 1.59 bits per heavy atom. The van der Waals surface area contributed by atoms with Gasteiger partial charge in [-0.25, -0.2) is 4.39 Å². The van der Waals surface area contributed by atoms with Crippen molar-refractivity contribution in [1.82, 2.24) is 0 Å². The molecule has 0 fully saturated rings. The summed E-state index contributed by atoms with van der Waals surface area (Å²) in [5.74, 6) is -1.21. The summed E-state index contributed by atoms with van der Waals surface area (Å²) in [6, 6.07) is 20.6. The summed E-state index contributed by atoms with van der Waals surface area (Å²) in [4.78, 5) is 25.2. The molecule has 0 spiro atoms. The van der Waals surface area contributed by atoms with E-state index in [9.17, 15) is 14.0 Å². The number of hydrogen-bond donors (Lipinski definition) is 1. The van der Waals surface area contributed by atoms with Gasteiger partial charge in [0.1, 0.15) is 5.82 Å². The zero-order valence-corrected chi connectivity index (χ0v) is 15.2. The van der Waals surface area contributed by atoms with Crippen LogP contribution in [0.25, 0.3) is 0 Å². The first-order valence-corrected chi connectivity index (χ1v) is 8.72. The fourth-order valence-corrected chi connectivity index (χ4v) is 2.78. The van der Waals surface area contributed by atoms with Gasteiger partial charge in [0, 0.05) is 16.8 Å². The lowest BCUT2D eigenvalue weighted by molar-refractivity contribution is -0.117. The summed E-state index contributed by atoms with van der Waals surface area (Å²) in [6.07, 6.45) is 0. The van der Waals surface area contributed by atoms with Crippen molar-refractivity contribution in [2.24, 2.45) is 0 Å². The van der Waals surface area contributed by atoms with E-state index in [1.165, 1.54) is 6.07 Å². The van der Waals surface area contributed by atoms with E-state index in [1.54, 1.807) is 56.3 Å². The maximum absolute atomic E-state index is 13.7. The van der Waals surface area contributed by atoms with Crippen molar-refractivity contribution in [3.05, 3.63) is 101 Å². The van der Waals surface area contributed by atoms with Crippen LogP contribution in [0.3, 0.4) is 0 Å². The molecular formula is C23H20FNO2. The van der Waals surface area contributed by atoms with Crippen molar-refractivity contribution in [3.8, 4) is 0 Å². The zero-order chi connectivity index (χ0) is 19.4. The van der Waals surface area contributed by atoms with Crippen molar-refractivity contribution in [2.75, 3.05) is 5.32 Å². The van der Waals surface area contributed by atoms with Crippen molar-refractivity contribution in [3.63, 3.8) is 0 Å². The third-order valence-electron chi connectivity index (χ3n) is 4.52. The highest BCUT2D eigenvalue weighted by Gasteiger charge is 2.18. The number of nitrogens with one attached hydrogen (secondary N) is 1. The molecule has 3 aromatic rings. The lowest BCUT2D eigenvalue weighted by Gasteiger charge is -2.14. The molecule has 1 amide bonds. The molecule has 27 heavy (non-hydrogen) atoms. The number of ketones is 1. The van der Waals surface area contributed by atoms with Gasteiger partial charge in [-0.05, 0) is 43.2 Å². The maximum atomic E-state index is 13.7. The zero-order valence-electron chi connectivity index (χ0n) is 15.2. The van der Waals surface area contributed by atoms with Crippen LogP contribution in [0.15, 0.2) is 72.8 Å². The largest absolute Gasteiger partial charge is 0.325 e. The maximum Gasteiger partial charge on any atom is 0.231 e. The Bertz CT molecular complexity index is 983. The molecular weight excluding hydrogens is 341 g/mol. The van der Waals surface area contributed by atoms with Gasteiger partial charge in [-0.1, -0.05) is 54.6 Å². The van der Waals surface area contributed by atoms with Crippen LogP contribution in [-0.2, 0) is 4.79 Å². The second-order valence-corrected chi connectivity index (χ2v) is 6.50. The third-order valence-corrected chi connectivity index (χ3v) is 4.52. The molecule has 0 aliphatic rings. The molecule has 0 aromatic heterocycles. The average Bonchev–Trinajstić information content (AvgIpc) is 2.70. The van der Waals surface area contributed by atoms with Crippen molar-refractivity contribution in [1.29, 1.82) is 0 Å².